The molecule has 0 saturated heterocycles. The summed E-state index contributed by atoms with van der Waals surface area (Å²) in [6.45, 7) is -0.615. The number of hydrogen-bond donors (Lipinski definition) is 1. The van der Waals surface area contributed by atoms with E-state index in [0.717, 1.165) is 6.42 Å². The highest BCUT2D eigenvalue weighted by molar-refractivity contribution is 6.20. The molecule has 1 aromatic rings. The second kappa shape index (κ2) is 7.94. The zero-order chi connectivity index (χ0) is 14.3. The molecule has 1 aromatic carbocycles. The molecule has 0 fully saturated rings. The summed E-state index contributed by atoms with van der Waals surface area (Å²) >= 11 is 5.92. The molecule has 0 aliphatic rings. The third kappa shape index (κ3) is 5.42. The maximum atomic E-state index is 12.2. The van der Waals surface area contributed by atoms with Gasteiger partial charge in [0.15, 0.2) is 0 Å². The van der Waals surface area contributed by atoms with Gasteiger partial charge in [-0.25, -0.2) is 0 Å². The molecule has 106 valence electrons. The number of para-hydroxylation sites is 1. The van der Waals surface area contributed by atoms with Gasteiger partial charge < -0.3 is 10.1 Å². The fraction of sp³-hybridized carbons (Fsp3) is 0.462. The lowest BCUT2D eigenvalue weighted by Gasteiger charge is -2.11. The van der Waals surface area contributed by atoms with Crippen LogP contribution in [0.3, 0.4) is 0 Å². The molecule has 19 heavy (non-hydrogen) atoms. The van der Waals surface area contributed by atoms with E-state index in [1.54, 1.807) is 6.07 Å². The highest BCUT2D eigenvalue weighted by Crippen LogP contribution is 2.20. The Morgan fingerprint density at radius 3 is 2.74 bits per heavy atom. The average Bonchev–Trinajstić information content (AvgIpc) is 2.38. The van der Waals surface area contributed by atoms with E-state index in [4.69, 9.17) is 11.6 Å². The van der Waals surface area contributed by atoms with Crippen molar-refractivity contribution in [1.29, 1.82) is 0 Å². The van der Waals surface area contributed by atoms with Crippen LogP contribution in [0.2, 0.25) is 0 Å². The van der Waals surface area contributed by atoms with Crippen molar-refractivity contribution in [2.75, 3.05) is 6.54 Å². The smallest absolute Gasteiger partial charge is 0.387 e. The number of rotatable bonds is 7. The number of hydrogen-bond acceptors (Lipinski definition) is 2. The van der Waals surface area contributed by atoms with Crippen molar-refractivity contribution in [3.63, 3.8) is 0 Å². The second-order valence-electron chi connectivity index (χ2n) is 3.92. The van der Waals surface area contributed by atoms with Crippen molar-refractivity contribution in [3.05, 3.63) is 29.8 Å². The van der Waals surface area contributed by atoms with E-state index < -0.39 is 12.5 Å². The van der Waals surface area contributed by atoms with Gasteiger partial charge in [-0.15, -0.1) is 11.6 Å². The van der Waals surface area contributed by atoms with Crippen LogP contribution in [0.4, 0.5) is 8.78 Å². The molecule has 1 rings (SSSR count). The maximum Gasteiger partial charge on any atom is 0.387 e. The SMILES string of the molecule is CCC(Cl)CCNC(=O)c1ccccc1OC(F)F. The minimum atomic E-state index is -2.96. The predicted molar refractivity (Wildman–Crippen MR) is 70.0 cm³/mol. The summed E-state index contributed by atoms with van der Waals surface area (Å²) in [6, 6.07) is 5.88. The molecule has 0 heterocycles. The third-order valence-corrected chi connectivity index (χ3v) is 3.06. The minimum absolute atomic E-state index is 0.00661. The van der Waals surface area contributed by atoms with Gasteiger partial charge in [0.05, 0.1) is 5.56 Å². The molecule has 0 aliphatic carbocycles. The average molecular weight is 292 g/mol. The zero-order valence-electron chi connectivity index (χ0n) is 10.5. The van der Waals surface area contributed by atoms with Gasteiger partial charge in [-0.3, -0.25) is 4.79 Å². The zero-order valence-corrected chi connectivity index (χ0v) is 11.3. The molecule has 1 unspecified atom stereocenters. The lowest BCUT2D eigenvalue weighted by molar-refractivity contribution is -0.0501. The molecule has 0 radical (unpaired) electrons. The maximum absolute atomic E-state index is 12.2. The number of carbonyl (C=O) groups is 1. The van der Waals surface area contributed by atoms with E-state index in [9.17, 15) is 13.6 Å². The van der Waals surface area contributed by atoms with Gasteiger partial charge in [0, 0.05) is 11.9 Å². The predicted octanol–water partition coefficient (Wildman–Crippen LogP) is 3.43. The number of nitrogens with one attached hydrogen (secondary N) is 1. The Morgan fingerprint density at radius 2 is 2.11 bits per heavy atom. The van der Waals surface area contributed by atoms with E-state index in [2.05, 4.69) is 10.1 Å². The van der Waals surface area contributed by atoms with E-state index in [1.165, 1.54) is 18.2 Å². The monoisotopic (exact) mass is 291 g/mol. The van der Waals surface area contributed by atoms with Gasteiger partial charge in [0.1, 0.15) is 5.75 Å². The number of ether oxygens (including phenoxy) is 1. The highest BCUT2D eigenvalue weighted by Gasteiger charge is 2.15. The summed E-state index contributed by atoms with van der Waals surface area (Å²) in [5.74, 6) is -0.580. The Labute approximate surface area is 115 Å². The van der Waals surface area contributed by atoms with Gasteiger partial charge in [-0.05, 0) is 25.0 Å². The molecular weight excluding hydrogens is 276 g/mol. The fourth-order valence-electron chi connectivity index (χ4n) is 1.49. The third-order valence-electron chi connectivity index (χ3n) is 2.53. The van der Waals surface area contributed by atoms with Crippen molar-refractivity contribution in [3.8, 4) is 5.75 Å². The summed E-state index contributed by atoms with van der Waals surface area (Å²) in [6.07, 6.45) is 1.43. The van der Waals surface area contributed by atoms with Crippen LogP contribution in [0.5, 0.6) is 5.75 Å². The van der Waals surface area contributed by atoms with E-state index in [-0.39, 0.29) is 16.7 Å². The normalized spacial score (nSPS) is 12.3. The Hall–Kier alpha value is -1.36. The van der Waals surface area contributed by atoms with E-state index in [0.29, 0.717) is 13.0 Å². The Balaban J connectivity index is 2.61. The summed E-state index contributed by atoms with van der Waals surface area (Å²) in [7, 11) is 0. The van der Waals surface area contributed by atoms with Crippen molar-refractivity contribution in [2.24, 2.45) is 0 Å². The van der Waals surface area contributed by atoms with E-state index >= 15 is 0 Å². The molecule has 6 heteroatoms. The van der Waals surface area contributed by atoms with Crippen LogP contribution in [-0.4, -0.2) is 24.4 Å². The van der Waals surface area contributed by atoms with Crippen LogP contribution in [-0.2, 0) is 0 Å². The fourth-order valence-corrected chi connectivity index (χ4v) is 1.60. The van der Waals surface area contributed by atoms with Gasteiger partial charge in [0.2, 0.25) is 0 Å². The Kier molecular flexibility index (Phi) is 6.56. The first-order chi connectivity index (χ1) is 9.04. The Morgan fingerprint density at radius 1 is 1.42 bits per heavy atom. The first kappa shape index (κ1) is 15.7. The standard InChI is InChI=1S/C13H16ClF2NO2/c1-2-9(14)7-8-17-12(18)10-5-3-4-6-11(10)19-13(15)16/h3-6,9,13H,2,7-8H2,1H3,(H,17,18). The molecule has 1 atom stereocenters. The molecule has 0 saturated carbocycles. The Bertz CT molecular complexity index is 415. The summed E-state index contributed by atoms with van der Waals surface area (Å²) in [4.78, 5) is 11.8. The van der Waals surface area contributed by atoms with Gasteiger partial charge in [0.25, 0.3) is 5.91 Å². The summed E-state index contributed by atoms with van der Waals surface area (Å²) < 4.78 is 28.7. The molecule has 1 N–H and O–H groups in total. The van der Waals surface area contributed by atoms with Crippen molar-refractivity contribution >= 4 is 17.5 Å². The van der Waals surface area contributed by atoms with E-state index in [1.807, 2.05) is 6.92 Å². The van der Waals surface area contributed by atoms with Crippen LogP contribution < -0.4 is 10.1 Å². The molecule has 1 amide bonds. The number of carbonyl (C=O) groups excluding carboxylic acids is 1. The van der Waals surface area contributed by atoms with Gasteiger partial charge in [-0.1, -0.05) is 19.1 Å². The van der Waals surface area contributed by atoms with Crippen molar-refractivity contribution < 1.29 is 18.3 Å². The number of halogens is 3. The van der Waals surface area contributed by atoms with Gasteiger partial charge in [-0.2, -0.15) is 8.78 Å². The highest BCUT2D eigenvalue weighted by atomic mass is 35.5. The van der Waals surface area contributed by atoms with Crippen LogP contribution in [0.15, 0.2) is 24.3 Å². The molecular formula is C13H16ClF2NO2. The summed E-state index contributed by atoms with van der Waals surface area (Å²) in [5.41, 5.74) is 0.0884. The topological polar surface area (TPSA) is 38.3 Å². The van der Waals surface area contributed by atoms with Crippen molar-refractivity contribution in [2.45, 2.75) is 31.8 Å². The lowest BCUT2D eigenvalue weighted by Crippen LogP contribution is -2.26. The quantitative estimate of drug-likeness (QED) is 0.782. The number of amides is 1. The van der Waals surface area contributed by atoms with Crippen LogP contribution in [0.25, 0.3) is 0 Å². The molecule has 3 nitrogen and oxygen atoms in total. The molecule has 0 spiro atoms. The van der Waals surface area contributed by atoms with Crippen molar-refractivity contribution in [1.82, 2.24) is 5.32 Å². The molecule has 0 aromatic heterocycles. The first-order valence-electron chi connectivity index (χ1n) is 6.00. The molecule has 0 aliphatic heterocycles. The van der Waals surface area contributed by atoms with Crippen LogP contribution in [0.1, 0.15) is 30.1 Å². The minimum Gasteiger partial charge on any atom is -0.434 e. The summed E-state index contributed by atoms with van der Waals surface area (Å²) in [5, 5.41) is 2.62. The number of benzene rings is 1. The largest absolute Gasteiger partial charge is 0.434 e. The van der Waals surface area contributed by atoms with Gasteiger partial charge >= 0.3 is 6.61 Å². The second-order valence-corrected chi connectivity index (χ2v) is 4.54. The van der Waals surface area contributed by atoms with Crippen LogP contribution in [0, 0.1) is 0 Å². The number of alkyl halides is 3. The van der Waals surface area contributed by atoms with Crippen LogP contribution >= 0.6 is 11.6 Å². The molecule has 0 bridgehead atoms. The lowest BCUT2D eigenvalue weighted by atomic mass is 10.2. The first-order valence-corrected chi connectivity index (χ1v) is 6.44.